The van der Waals surface area contributed by atoms with E-state index in [1.807, 2.05) is 36.4 Å². The van der Waals surface area contributed by atoms with Crippen molar-refractivity contribution >= 4 is 15.9 Å². The van der Waals surface area contributed by atoms with Crippen LogP contribution in [0.1, 0.15) is 11.9 Å². The summed E-state index contributed by atoms with van der Waals surface area (Å²) in [7, 11) is 1.62. The topological polar surface area (TPSA) is 36.9 Å². The maximum absolute atomic E-state index is 5.87. The van der Waals surface area contributed by atoms with Gasteiger partial charge in [0.15, 0.2) is 6.29 Å². The number of hydrogen-bond donors (Lipinski definition) is 0. The SMILES string of the molecule is COC1O[C@@H]2COC(c3ccccc3)OC2=C[C@@H]1Br. The van der Waals surface area contributed by atoms with Gasteiger partial charge in [-0.05, 0) is 6.08 Å². The first kappa shape index (κ1) is 13.1. The first-order valence-electron chi connectivity index (χ1n) is 6.15. The Hall–Kier alpha value is -0.880. The molecule has 2 aliphatic heterocycles. The molecular weight excluding hydrogens is 312 g/mol. The second kappa shape index (κ2) is 5.63. The van der Waals surface area contributed by atoms with E-state index in [1.165, 1.54) is 0 Å². The van der Waals surface area contributed by atoms with Crippen molar-refractivity contribution in [3.05, 3.63) is 47.7 Å². The molecule has 0 radical (unpaired) electrons. The van der Waals surface area contributed by atoms with E-state index in [2.05, 4.69) is 15.9 Å². The quantitative estimate of drug-likeness (QED) is 0.783. The second-order valence-corrected chi connectivity index (χ2v) is 5.49. The molecule has 0 spiro atoms. The average molecular weight is 327 g/mol. The summed E-state index contributed by atoms with van der Waals surface area (Å²) in [4.78, 5) is -0.0155. The number of benzene rings is 1. The number of hydrogen-bond acceptors (Lipinski definition) is 4. The Morgan fingerprint density at radius 3 is 2.79 bits per heavy atom. The Balaban J connectivity index is 1.77. The van der Waals surface area contributed by atoms with Gasteiger partial charge in [0, 0.05) is 12.7 Å². The van der Waals surface area contributed by atoms with Gasteiger partial charge in [0.1, 0.15) is 11.9 Å². The maximum Gasteiger partial charge on any atom is 0.226 e. The summed E-state index contributed by atoms with van der Waals surface area (Å²) in [5, 5.41) is 0. The summed E-state index contributed by atoms with van der Waals surface area (Å²) in [6.45, 7) is 0.463. The van der Waals surface area contributed by atoms with Gasteiger partial charge in [-0.25, -0.2) is 0 Å². The van der Waals surface area contributed by atoms with Gasteiger partial charge in [0.2, 0.25) is 6.29 Å². The predicted octanol–water partition coefficient (Wildman–Crippen LogP) is 2.75. The molecule has 4 atom stereocenters. The lowest BCUT2D eigenvalue weighted by Gasteiger charge is -2.38. The van der Waals surface area contributed by atoms with Crippen LogP contribution in [-0.4, -0.2) is 30.9 Å². The zero-order valence-corrected chi connectivity index (χ0v) is 12.1. The van der Waals surface area contributed by atoms with Crippen molar-refractivity contribution in [1.29, 1.82) is 0 Å². The van der Waals surface area contributed by atoms with Gasteiger partial charge in [-0.3, -0.25) is 0 Å². The van der Waals surface area contributed by atoms with Gasteiger partial charge in [0.05, 0.1) is 11.4 Å². The highest BCUT2D eigenvalue weighted by atomic mass is 79.9. The fraction of sp³-hybridized carbons (Fsp3) is 0.429. The van der Waals surface area contributed by atoms with Crippen molar-refractivity contribution in [3.8, 4) is 0 Å². The van der Waals surface area contributed by atoms with Gasteiger partial charge in [-0.2, -0.15) is 0 Å². The van der Waals surface area contributed by atoms with Crippen molar-refractivity contribution in [2.45, 2.75) is 23.5 Å². The van der Waals surface area contributed by atoms with E-state index < -0.39 is 0 Å². The molecule has 2 unspecified atom stereocenters. The molecule has 0 saturated carbocycles. The first-order chi connectivity index (χ1) is 9.28. The average Bonchev–Trinajstić information content (AvgIpc) is 2.47. The van der Waals surface area contributed by atoms with E-state index in [-0.39, 0.29) is 23.5 Å². The predicted molar refractivity (Wildman–Crippen MR) is 72.7 cm³/mol. The van der Waals surface area contributed by atoms with Gasteiger partial charge in [-0.1, -0.05) is 46.3 Å². The number of alkyl halides is 1. The Labute approximate surface area is 120 Å². The van der Waals surface area contributed by atoms with Crippen LogP contribution >= 0.6 is 15.9 Å². The second-order valence-electron chi connectivity index (χ2n) is 4.44. The summed E-state index contributed by atoms with van der Waals surface area (Å²) in [5.74, 6) is 0.801. The largest absolute Gasteiger partial charge is 0.462 e. The minimum absolute atomic E-state index is 0.0155. The molecule has 1 aromatic rings. The van der Waals surface area contributed by atoms with Crippen LogP contribution in [0.2, 0.25) is 0 Å². The van der Waals surface area contributed by atoms with Crippen molar-refractivity contribution in [2.24, 2.45) is 0 Å². The molecule has 5 heteroatoms. The highest BCUT2D eigenvalue weighted by Crippen LogP contribution is 2.34. The molecular formula is C14H15BrO4. The summed E-state index contributed by atoms with van der Waals surface area (Å²) >= 11 is 3.51. The third kappa shape index (κ3) is 2.69. The maximum atomic E-state index is 5.87. The smallest absolute Gasteiger partial charge is 0.226 e. The summed E-state index contributed by atoms with van der Waals surface area (Å²) in [6, 6.07) is 9.87. The number of fused-ring (bicyclic) bond motifs is 1. The van der Waals surface area contributed by atoms with Crippen molar-refractivity contribution in [2.75, 3.05) is 13.7 Å². The van der Waals surface area contributed by atoms with Crippen LogP contribution in [0.3, 0.4) is 0 Å². The standard InChI is InChI=1S/C14H15BrO4/c1-16-14-10(15)7-11-12(19-14)8-17-13(18-11)9-5-3-2-4-6-9/h2-7,10,12-14H,8H2,1H3/t10-,12+,13?,14?/m0/s1. The molecule has 2 heterocycles. The number of methoxy groups -OCH3 is 1. The van der Waals surface area contributed by atoms with Gasteiger partial charge >= 0.3 is 0 Å². The molecule has 1 aromatic carbocycles. The summed E-state index contributed by atoms with van der Waals surface area (Å²) in [6.07, 6.45) is 1.11. The first-order valence-corrected chi connectivity index (χ1v) is 7.07. The lowest BCUT2D eigenvalue weighted by Crippen LogP contribution is -2.42. The molecule has 3 rings (SSSR count). The molecule has 0 N–H and O–H groups in total. The lowest BCUT2D eigenvalue weighted by molar-refractivity contribution is -0.240. The Kier molecular flexibility index (Phi) is 3.88. The van der Waals surface area contributed by atoms with Crippen LogP contribution in [0.15, 0.2) is 42.2 Å². The molecule has 0 bridgehead atoms. The van der Waals surface area contributed by atoms with Crippen molar-refractivity contribution in [3.63, 3.8) is 0 Å². The van der Waals surface area contributed by atoms with Crippen LogP contribution < -0.4 is 0 Å². The van der Waals surface area contributed by atoms with E-state index >= 15 is 0 Å². The molecule has 19 heavy (non-hydrogen) atoms. The highest BCUT2D eigenvalue weighted by Gasteiger charge is 2.37. The summed E-state index contributed by atoms with van der Waals surface area (Å²) < 4.78 is 22.6. The van der Waals surface area contributed by atoms with E-state index in [9.17, 15) is 0 Å². The van der Waals surface area contributed by atoms with Gasteiger partial charge in [-0.15, -0.1) is 0 Å². The summed E-state index contributed by atoms with van der Waals surface area (Å²) in [5.41, 5.74) is 1.00. The van der Waals surface area contributed by atoms with E-state index in [4.69, 9.17) is 18.9 Å². The third-order valence-corrected chi connectivity index (χ3v) is 3.84. The third-order valence-electron chi connectivity index (χ3n) is 3.15. The van der Waals surface area contributed by atoms with E-state index in [0.29, 0.717) is 6.61 Å². The highest BCUT2D eigenvalue weighted by molar-refractivity contribution is 9.09. The molecule has 1 saturated heterocycles. The normalized spacial score (nSPS) is 34.1. The molecule has 0 aromatic heterocycles. The van der Waals surface area contributed by atoms with Crippen molar-refractivity contribution < 1.29 is 18.9 Å². The van der Waals surface area contributed by atoms with Crippen LogP contribution in [0.4, 0.5) is 0 Å². The molecule has 4 nitrogen and oxygen atoms in total. The fourth-order valence-corrected chi connectivity index (χ4v) is 2.78. The lowest BCUT2D eigenvalue weighted by atomic mass is 10.1. The molecule has 1 fully saturated rings. The number of ether oxygens (including phenoxy) is 4. The minimum atomic E-state index is -0.369. The molecule has 0 amide bonds. The Morgan fingerprint density at radius 2 is 2.05 bits per heavy atom. The number of halogens is 1. The molecule has 2 aliphatic rings. The Morgan fingerprint density at radius 1 is 1.26 bits per heavy atom. The molecule has 0 aliphatic carbocycles. The fourth-order valence-electron chi connectivity index (χ4n) is 2.18. The van der Waals surface area contributed by atoms with Crippen LogP contribution in [-0.2, 0) is 18.9 Å². The van der Waals surface area contributed by atoms with Crippen LogP contribution in [0, 0.1) is 0 Å². The van der Waals surface area contributed by atoms with E-state index in [1.54, 1.807) is 7.11 Å². The van der Waals surface area contributed by atoms with Crippen LogP contribution in [0.25, 0.3) is 0 Å². The zero-order chi connectivity index (χ0) is 13.2. The molecule has 102 valence electrons. The van der Waals surface area contributed by atoms with Crippen molar-refractivity contribution in [1.82, 2.24) is 0 Å². The zero-order valence-electron chi connectivity index (χ0n) is 10.5. The van der Waals surface area contributed by atoms with Crippen LogP contribution in [0.5, 0.6) is 0 Å². The van der Waals surface area contributed by atoms with E-state index in [0.717, 1.165) is 11.3 Å². The monoisotopic (exact) mass is 326 g/mol. The number of rotatable bonds is 2. The minimum Gasteiger partial charge on any atom is -0.462 e. The van der Waals surface area contributed by atoms with Gasteiger partial charge < -0.3 is 18.9 Å². The van der Waals surface area contributed by atoms with Gasteiger partial charge in [0.25, 0.3) is 0 Å². The Bertz CT molecular complexity index is 462.